The standard InChI is InChI=1S/C15H26BrNO4/c1-10(16)9-12(17-14(19)21-15(2,3)4)13(18)20-11-7-5-6-8-11/h10-12H,5-9H2,1-4H3,(H,17,19)/t10?,12-/m0/s1. The molecule has 0 aliphatic heterocycles. The summed E-state index contributed by atoms with van der Waals surface area (Å²) in [5.74, 6) is -0.376. The molecular formula is C15H26BrNO4. The number of rotatable bonds is 5. The molecule has 1 amide bonds. The molecule has 0 aromatic carbocycles. The van der Waals surface area contributed by atoms with Crippen molar-refractivity contribution in [3.8, 4) is 0 Å². The van der Waals surface area contributed by atoms with Gasteiger partial charge in [-0.25, -0.2) is 9.59 Å². The number of alkyl halides is 1. The van der Waals surface area contributed by atoms with Gasteiger partial charge in [-0.05, 0) is 52.9 Å². The molecule has 0 heterocycles. The number of carbonyl (C=O) groups is 2. The van der Waals surface area contributed by atoms with Crippen LogP contribution in [0.25, 0.3) is 0 Å². The topological polar surface area (TPSA) is 64.6 Å². The van der Waals surface area contributed by atoms with Crippen LogP contribution in [0.5, 0.6) is 0 Å². The summed E-state index contributed by atoms with van der Waals surface area (Å²) < 4.78 is 10.7. The van der Waals surface area contributed by atoms with Crippen molar-refractivity contribution in [1.29, 1.82) is 0 Å². The Hall–Kier alpha value is -0.780. The normalized spacial score (nSPS) is 18.9. The number of carbonyl (C=O) groups excluding carboxylic acids is 2. The fourth-order valence-electron chi connectivity index (χ4n) is 2.24. The van der Waals surface area contributed by atoms with Gasteiger partial charge in [0.1, 0.15) is 17.7 Å². The van der Waals surface area contributed by atoms with Gasteiger partial charge in [-0.15, -0.1) is 0 Å². The van der Waals surface area contributed by atoms with Gasteiger partial charge in [0.2, 0.25) is 0 Å². The van der Waals surface area contributed by atoms with E-state index in [9.17, 15) is 9.59 Å². The molecule has 0 spiro atoms. The number of hydrogen-bond acceptors (Lipinski definition) is 4. The average Bonchev–Trinajstić information content (AvgIpc) is 2.77. The third kappa shape index (κ3) is 7.69. The summed E-state index contributed by atoms with van der Waals surface area (Å²) >= 11 is 3.41. The quantitative estimate of drug-likeness (QED) is 0.599. The summed E-state index contributed by atoms with van der Waals surface area (Å²) in [4.78, 5) is 24.1. The maximum absolute atomic E-state index is 12.2. The molecule has 5 nitrogen and oxygen atoms in total. The molecule has 1 unspecified atom stereocenters. The predicted octanol–water partition coefficient (Wildman–Crippen LogP) is 3.54. The molecule has 0 saturated heterocycles. The smallest absolute Gasteiger partial charge is 0.408 e. The summed E-state index contributed by atoms with van der Waals surface area (Å²) in [5.41, 5.74) is -0.593. The number of halogens is 1. The van der Waals surface area contributed by atoms with E-state index < -0.39 is 17.7 Å². The van der Waals surface area contributed by atoms with Crippen molar-refractivity contribution < 1.29 is 19.1 Å². The lowest BCUT2D eigenvalue weighted by Gasteiger charge is -2.24. The molecule has 1 rings (SSSR count). The maximum Gasteiger partial charge on any atom is 0.408 e. The van der Waals surface area contributed by atoms with Crippen LogP contribution in [-0.2, 0) is 14.3 Å². The first-order valence-electron chi connectivity index (χ1n) is 7.51. The van der Waals surface area contributed by atoms with Gasteiger partial charge >= 0.3 is 12.1 Å². The number of hydrogen-bond donors (Lipinski definition) is 1. The summed E-state index contributed by atoms with van der Waals surface area (Å²) in [7, 11) is 0. The molecule has 2 atom stereocenters. The minimum absolute atomic E-state index is 0.00827. The number of ether oxygens (including phenoxy) is 2. The molecule has 0 bridgehead atoms. The first kappa shape index (κ1) is 18.3. The number of amides is 1. The molecule has 0 aromatic rings. The van der Waals surface area contributed by atoms with Crippen LogP contribution in [0.1, 0.15) is 59.8 Å². The van der Waals surface area contributed by atoms with E-state index in [1.54, 1.807) is 20.8 Å². The summed E-state index contributed by atoms with van der Waals surface area (Å²) in [5, 5.41) is 2.61. The zero-order chi connectivity index (χ0) is 16.0. The number of nitrogens with one attached hydrogen (secondary N) is 1. The van der Waals surface area contributed by atoms with Crippen molar-refractivity contribution in [2.75, 3.05) is 0 Å². The van der Waals surface area contributed by atoms with E-state index in [0.717, 1.165) is 25.7 Å². The van der Waals surface area contributed by atoms with Gasteiger partial charge in [-0.1, -0.05) is 22.9 Å². The molecule has 0 radical (unpaired) electrons. The van der Waals surface area contributed by atoms with Crippen molar-refractivity contribution in [1.82, 2.24) is 5.32 Å². The SMILES string of the molecule is CC(Br)C[C@H](NC(=O)OC(C)(C)C)C(=O)OC1CCCC1. The Morgan fingerprint density at radius 2 is 1.86 bits per heavy atom. The molecule has 0 aromatic heterocycles. The van der Waals surface area contributed by atoms with E-state index in [0.29, 0.717) is 6.42 Å². The second-order valence-corrected chi connectivity index (χ2v) is 8.12. The first-order chi connectivity index (χ1) is 9.67. The van der Waals surface area contributed by atoms with E-state index in [1.165, 1.54) is 0 Å². The van der Waals surface area contributed by atoms with Gasteiger partial charge in [-0.3, -0.25) is 0 Å². The van der Waals surface area contributed by atoms with Crippen LogP contribution < -0.4 is 5.32 Å². The van der Waals surface area contributed by atoms with Gasteiger partial charge in [0.15, 0.2) is 0 Å². The monoisotopic (exact) mass is 363 g/mol. The van der Waals surface area contributed by atoms with Crippen LogP contribution in [0.2, 0.25) is 0 Å². The van der Waals surface area contributed by atoms with E-state index >= 15 is 0 Å². The van der Waals surface area contributed by atoms with Crippen molar-refractivity contribution in [3.05, 3.63) is 0 Å². The van der Waals surface area contributed by atoms with E-state index in [1.807, 2.05) is 6.92 Å². The van der Waals surface area contributed by atoms with Crippen molar-refractivity contribution in [3.63, 3.8) is 0 Å². The Labute approximate surface area is 135 Å². The highest BCUT2D eigenvalue weighted by Gasteiger charge is 2.29. The second kappa shape index (κ2) is 8.01. The van der Waals surface area contributed by atoms with E-state index in [4.69, 9.17) is 9.47 Å². The molecular weight excluding hydrogens is 338 g/mol. The summed E-state index contributed by atoms with van der Waals surface area (Å²) in [6.07, 6.45) is 3.87. The average molecular weight is 364 g/mol. The number of alkyl carbamates (subject to hydrolysis) is 1. The Kier molecular flexibility index (Phi) is 6.97. The Bertz CT molecular complexity index is 359. The van der Waals surface area contributed by atoms with Crippen molar-refractivity contribution in [2.45, 2.75) is 82.4 Å². The van der Waals surface area contributed by atoms with Crippen LogP contribution >= 0.6 is 15.9 Å². The molecule has 1 N–H and O–H groups in total. The van der Waals surface area contributed by atoms with Gasteiger partial charge < -0.3 is 14.8 Å². The third-order valence-electron chi connectivity index (χ3n) is 3.12. The molecule has 122 valence electrons. The molecule has 1 saturated carbocycles. The van der Waals surface area contributed by atoms with E-state index in [2.05, 4.69) is 21.2 Å². The lowest BCUT2D eigenvalue weighted by molar-refractivity contribution is -0.151. The van der Waals surface area contributed by atoms with Crippen LogP contribution in [0.4, 0.5) is 4.79 Å². The highest BCUT2D eigenvalue weighted by atomic mass is 79.9. The fraction of sp³-hybridized carbons (Fsp3) is 0.867. The molecule has 1 fully saturated rings. The van der Waals surface area contributed by atoms with Gasteiger partial charge in [-0.2, -0.15) is 0 Å². The Morgan fingerprint density at radius 3 is 2.33 bits per heavy atom. The molecule has 1 aliphatic rings. The molecule has 21 heavy (non-hydrogen) atoms. The van der Waals surface area contributed by atoms with Crippen LogP contribution in [0.3, 0.4) is 0 Å². The largest absolute Gasteiger partial charge is 0.461 e. The third-order valence-corrected chi connectivity index (χ3v) is 3.49. The Morgan fingerprint density at radius 1 is 1.29 bits per heavy atom. The fourth-order valence-corrected chi connectivity index (χ4v) is 2.62. The van der Waals surface area contributed by atoms with Crippen molar-refractivity contribution in [2.24, 2.45) is 0 Å². The highest BCUT2D eigenvalue weighted by molar-refractivity contribution is 9.09. The van der Waals surface area contributed by atoms with Gasteiger partial charge in [0.25, 0.3) is 0 Å². The second-order valence-electron chi connectivity index (χ2n) is 6.56. The zero-order valence-electron chi connectivity index (χ0n) is 13.3. The molecule has 6 heteroatoms. The highest BCUT2D eigenvalue weighted by Crippen LogP contribution is 2.22. The minimum atomic E-state index is -0.685. The maximum atomic E-state index is 12.2. The minimum Gasteiger partial charge on any atom is -0.461 e. The van der Waals surface area contributed by atoms with E-state index in [-0.39, 0.29) is 16.9 Å². The lowest BCUT2D eigenvalue weighted by Crippen LogP contribution is -2.45. The van der Waals surface area contributed by atoms with Crippen LogP contribution in [-0.4, -0.2) is 34.6 Å². The zero-order valence-corrected chi connectivity index (χ0v) is 14.9. The summed E-state index contributed by atoms with van der Waals surface area (Å²) in [6.45, 7) is 7.27. The van der Waals surface area contributed by atoms with Crippen LogP contribution in [0, 0.1) is 0 Å². The first-order valence-corrected chi connectivity index (χ1v) is 8.43. The predicted molar refractivity (Wildman–Crippen MR) is 84.5 cm³/mol. The summed E-state index contributed by atoms with van der Waals surface area (Å²) in [6, 6.07) is -0.685. The van der Waals surface area contributed by atoms with Gasteiger partial charge in [0, 0.05) is 4.83 Å². The lowest BCUT2D eigenvalue weighted by atomic mass is 10.1. The van der Waals surface area contributed by atoms with Crippen molar-refractivity contribution >= 4 is 28.0 Å². The van der Waals surface area contributed by atoms with Crippen LogP contribution in [0.15, 0.2) is 0 Å². The van der Waals surface area contributed by atoms with Gasteiger partial charge in [0.05, 0.1) is 0 Å². The number of esters is 1. The Balaban J connectivity index is 2.57. The molecule has 1 aliphatic carbocycles.